The van der Waals surface area contributed by atoms with Gasteiger partial charge < -0.3 is 40.3 Å². The van der Waals surface area contributed by atoms with Crippen molar-refractivity contribution in [2.75, 3.05) is 70.8 Å². The first-order valence-corrected chi connectivity index (χ1v) is 18.2. The molecule has 0 aliphatic rings. The number of hydrogen-bond acceptors (Lipinski definition) is 13. The Morgan fingerprint density at radius 3 is 1.25 bits per heavy atom. The van der Waals surface area contributed by atoms with Crippen molar-refractivity contribution in [3.63, 3.8) is 0 Å². The van der Waals surface area contributed by atoms with E-state index in [0.29, 0.717) is 64.1 Å². The molecule has 0 saturated heterocycles. The van der Waals surface area contributed by atoms with Crippen molar-refractivity contribution >= 4 is 40.8 Å². The molecule has 0 unspecified atom stereocenters. The van der Waals surface area contributed by atoms with Crippen molar-refractivity contribution in [3.8, 4) is 0 Å². The van der Waals surface area contributed by atoms with Gasteiger partial charge in [-0.1, -0.05) is 0 Å². The fourth-order valence-corrected chi connectivity index (χ4v) is 7.78. The quantitative estimate of drug-likeness (QED) is 0.0574. The molecule has 0 spiro atoms. The molecule has 2 rings (SSSR count). The zero-order valence-electron chi connectivity index (χ0n) is 26.6. The smallest absolute Gasteiger partial charge is 0.367 e. The fraction of sp³-hybridized carbons (Fsp3) is 0.571. The van der Waals surface area contributed by atoms with Crippen LogP contribution in [0.25, 0.3) is 0 Å². The van der Waals surface area contributed by atoms with Gasteiger partial charge in [0.2, 0.25) is 0 Å². The van der Waals surface area contributed by atoms with Crippen molar-refractivity contribution < 1.29 is 40.3 Å². The maximum Gasteiger partial charge on any atom is 0.679 e. The Morgan fingerprint density at radius 2 is 0.932 bits per heavy atom. The third-order valence-corrected chi connectivity index (χ3v) is 10.7. The SMILES string of the molecule is CCO[Si](OCC)(OCC)OCCN(CCO[Si](OCC)(OCC)OCC)c1ccc(N=Nc2ccc([N+](=O)[O-])cc2)cc1. The molecule has 0 saturated carbocycles. The maximum absolute atomic E-state index is 10.9. The Hall–Kier alpha value is -2.65. The van der Waals surface area contributed by atoms with Crippen LogP contribution in [-0.2, 0) is 35.4 Å². The van der Waals surface area contributed by atoms with Crippen molar-refractivity contribution in [1.29, 1.82) is 0 Å². The summed E-state index contributed by atoms with van der Waals surface area (Å²) in [6, 6.07) is 13.4. The number of nitrogens with zero attached hydrogens (tertiary/aromatic N) is 4. The lowest BCUT2D eigenvalue weighted by molar-refractivity contribution is -0.384. The molecule has 0 N–H and O–H groups in total. The average molecular weight is 655 g/mol. The number of azo groups is 1. The number of rotatable bonds is 24. The zero-order valence-corrected chi connectivity index (χ0v) is 28.6. The molecule has 246 valence electrons. The second-order valence-corrected chi connectivity index (χ2v) is 13.1. The summed E-state index contributed by atoms with van der Waals surface area (Å²) in [6.45, 7) is 15.2. The second kappa shape index (κ2) is 20.4. The summed E-state index contributed by atoms with van der Waals surface area (Å²) in [6.07, 6.45) is 0. The van der Waals surface area contributed by atoms with Crippen molar-refractivity contribution in [1.82, 2.24) is 0 Å². The number of nitro groups is 1. The van der Waals surface area contributed by atoms with E-state index in [4.69, 9.17) is 35.4 Å². The largest absolute Gasteiger partial charge is 0.679 e. The highest BCUT2D eigenvalue weighted by molar-refractivity contribution is 6.53. The van der Waals surface area contributed by atoms with Crippen LogP contribution in [0, 0.1) is 10.1 Å². The highest BCUT2D eigenvalue weighted by Gasteiger charge is 2.46. The zero-order chi connectivity index (χ0) is 32.3. The Balaban J connectivity index is 2.21. The summed E-state index contributed by atoms with van der Waals surface area (Å²) in [7, 11) is -6.59. The Labute approximate surface area is 262 Å². The predicted molar refractivity (Wildman–Crippen MR) is 169 cm³/mol. The standard InChI is InChI=1S/C28H46N4O10Si2/c1-7-35-43(36-8-2,37-9-3)41-23-21-31(22-24-42-44(38-10-4,39-11-5)40-12-6)27-17-13-25(14-18-27)29-30-26-15-19-28(20-16-26)32(33)34/h13-20H,7-12,21-24H2,1-6H3. The third-order valence-electron chi connectivity index (χ3n) is 5.76. The molecule has 0 amide bonds. The van der Waals surface area contributed by atoms with E-state index in [1.807, 2.05) is 65.8 Å². The van der Waals surface area contributed by atoms with E-state index in [2.05, 4.69) is 15.1 Å². The lowest BCUT2D eigenvalue weighted by Gasteiger charge is -2.31. The first kappa shape index (κ1) is 37.5. The molecule has 0 aromatic heterocycles. The molecule has 0 radical (unpaired) electrons. The summed E-state index contributed by atoms with van der Waals surface area (Å²) in [5.41, 5.74) is 2.00. The van der Waals surface area contributed by atoms with Crippen LogP contribution >= 0.6 is 0 Å². The van der Waals surface area contributed by atoms with Crippen molar-refractivity contribution in [2.24, 2.45) is 10.2 Å². The third kappa shape index (κ3) is 12.4. The number of benzene rings is 2. The average Bonchev–Trinajstić information content (AvgIpc) is 3.00. The van der Waals surface area contributed by atoms with Gasteiger partial charge in [0.25, 0.3) is 5.69 Å². The molecule has 0 atom stereocenters. The first-order chi connectivity index (χ1) is 21.3. The van der Waals surface area contributed by atoms with Gasteiger partial charge in [-0.15, -0.1) is 0 Å². The van der Waals surface area contributed by atoms with Gasteiger partial charge in [0, 0.05) is 70.6 Å². The summed E-state index contributed by atoms with van der Waals surface area (Å²) in [5.74, 6) is 0. The molecular weight excluding hydrogens is 608 g/mol. The number of anilines is 1. The minimum atomic E-state index is -3.29. The molecule has 0 heterocycles. The molecule has 14 nitrogen and oxygen atoms in total. The van der Waals surface area contributed by atoms with Gasteiger partial charge in [-0.3, -0.25) is 10.1 Å². The molecule has 16 heteroatoms. The summed E-state index contributed by atoms with van der Waals surface area (Å²) < 4.78 is 47.3. The Bertz CT molecular complexity index is 1050. The molecule has 2 aromatic carbocycles. The fourth-order valence-electron chi connectivity index (χ4n) is 3.98. The second-order valence-electron chi connectivity index (χ2n) is 8.77. The Kier molecular flexibility index (Phi) is 17.4. The minimum Gasteiger partial charge on any atom is -0.367 e. The molecule has 0 bridgehead atoms. The van der Waals surface area contributed by atoms with Gasteiger partial charge in [0.1, 0.15) is 0 Å². The van der Waals surface area contributed by atoms with Crippen molar-refractivity contribution in [3.05, 3.63) is 58.6 Å². The predicted octanol–water partition coefficient (Wildman–Crippen LogP) is 5.94. The lowest BCUT2D eigenvalue weighted by Crippen LogP contribution is -2.51. The lowest BCUT2D eigenvalue weighted by atomic mass is 10.2. The van der Waals surface area contributed by atoms with Crippen LogP contribution in [0.5, 0.6) is 0 Å². The molecular formula is C28H46N4O10Si2. The van der Waals surface area contributed by atoms with E-state index in [9.17, 15) is 10.1 Å². The van der Waals surface area contributed by atoms with Crippen LogP contribution in [0.2, 0.25) is 0 Å². The van der Waals surface area contributed by atoms with Crippen LogP contribution in [-0.4, -0.2) is 89.0 Å². The molecule has 2 aromatic rings. The van der Waals surface area contributed by atoms with Gasteiger partial charge >= 0.3 is 18.1 Å². The van der Waals surface area contributed by atoms with Gasteiger partial charge in [0.15, 0.2) is 0 Å². The molecule has 44 heavy (non-hydrogen) atoms. The van der Waals surface area contributed by atoms with Crippen LogP contribution in [0.4, 0.5) is 22.7 Å². The Morgan fingerprint density at radius 1 is 0.591 bits per heavy atom. The normalized spacial score (nSPS) is 12.2. The summed E-state index contributed by atoms with van der Waals surface area (Å²) in [4.78, 5) is 12.5. The number of hydrogen-bond donors (Lipinski definition) is 0. The molecule has 0 aliphatic heterocycles. The van der Waals surface area contributed by atoms with E-state index in [1.165, 1.54) is 12.1 Å². The van der Waals surface area contributed by atoms with Crippen LogP contribution in [0.15, 0.2) is 58.8 Å². The van der Waals surface area contributed by atoms with E-state index in [1.54, 1.807) is 12.1 Å². The van der Waals surface area contributed by atoms with Gasteiger partial charge in [0.05, 0.1) is 29.5 Å². The summed E-state index contributed by atoms with van der Waals surface area (Å²) >= 11 is 0. The summed E-state index contributed by atoms with van der Waals surface area (Å²) in [5, 5.41) is 19.3. The molecule has 0 fully saturated rings. The maximum atomic E-state index is 10.9. The first-order valence-electron chi connectivity index (χ1n) is 14.9. The highest BCUT2D eigenvalue weighted by atomic mass is 28.4. The van der Waals surface area contributed by atoms with E-state index >= 15 is 0 Å². The number of non-ortho nitro benzene ring substituents is 1. The van der Waals surface area contributed by atoms with Crippen molar-refractivity contribution in [2.45, 2.75) is 41.5 Å². The topological polar surface area (TPSA) is 145 Å². The van der Waals surface area contributed by atoms with Gasteiger partial charge in [-0.05, 0) is 77.9 Å². The molecule has 0 aliphatic carbocycles. The van der Waals surface area contributed by atoms with E-state index < -0.39 is 23.0 Å². The van der Waals surface area contributed by atoms with E-state index in [0.717, 1.165) is 5.69 Å². The number of nitro benzene ring substituents is 1. The van der Waals surface area contributed by atoms with Gasteiger partial charge in [-0.25, -0.2) is 0 Å². The van der Waals surface area contributed by atoms with Crippen LogP contribution < -0.4 is 4.90 Å². The monoisotopic (exact) mass is 654 g/mol. The van der Waals surface area contributed by atoms with Gasteiger partial charge in [-0.2, -0.15) is 10.2 Å². The van der Waals surface area contributed by atoms with E-state index in [-0.39, 0.29) is 18.9 Å². The minimum absolute atomic E-state index is 0.00582. The highest BCUT2D eigenvalue weighted by Crippen LogP contribution is 2.24. The van der Waals surface area contributed by atoms with Crippen LogP contribution in [0.1, 0.15) is 41.5 Å². The van der Waals surface area contributed by atoms with Crippen LogP contribution in [0.3, 0.4) is 0 Å².